The van der Waals surface area contributed by atoms with Gasteiger partial charge in [-0.1, -0.05) is 26.7 Å². The van der Waals surface area contributed by atoms with Crippen LogP contribution in [0, 0.1) is 29.6 Å². The van der Waals surface area contributed by atoms with Crippen LogP contribution in [0.1, 0.15) is 27.2 Å². The van der Waals surface area contributed by atoms with Crippen molar-refractivity contribution in [1.82, 2.24) is 0 Å². The fourth-order valence-corrected chi connectivity index (χ4v) is 2.39. The summed E-state index contributed by atoms with van der Waals surface area (Å²) >= 11 is 0. The normalized spacial score (nSPS) is 28.3. The molecule has 0 radical (unpaired) electrons. The van der Waals surface area contributed by atoms with Crippen LogP contribution in [0.15, 0.2) is 11.9 Å². The zero-order valence-corrected chi connectivity index (χ0v) is 11.3. The summed E-state index contributed by atoms with van der Waals surface area (Å²) < 4.78 is 18.6. The second kappa shape index (κ2) is 5.72. The summed E-state index contributed by atoms with van der Waals surface area (Å²) in [7, 11) is 0. The number of carbonyl (C=O) groups is 1. The average Bonchev–Trinajstić information content (AvgIpc) is 2.89. The third-order valence-corrected chi connectivity index (χ3v) is 3.56. The van der Waals surface area contributed by atoms with Crippen LogP contribution in [-0.2, 0) is 9.53 Å². The summed E-state index contributed by atoms with van der Waals surface area (Å²) in [6.45, 7) is 5.17. The number of halogens is 1. The lowest BCUT2D eigenvalue weighted by molar-refractivity contribution is -0.147. The molecule has 0 bridgehead atoms. The molecule has 1 saturated carbocycles. The van der Waals surface area contributed by atoms with Crippen LogP contribution in [0.3, 0.4) is 0 Å². The first kappa shape index (κ1) is 15.7. The molecule has 1 aliphatic carbocycles. The molecule has 0 aromatic rings. The van der Waals surface area contributed by atoms with Crippen molar-refractivity contribution in [2.75, 3.05) is 0 Å². The lowest BCUT2D eigenvalue weighted by Crippen LogP contribution is -2.25. The SMILES string of the molecule is C#CC(OC(O)C1C(C(=O)O)C1(C)C)/C(F)=C/CC. The third-order valence-electron chi connectivity index (χ3n) is 3.56. The predicted octanol–water partition coefficient (Wildman–Crippen LogP) is 1.94. The smallest absolute Gasteiger partial charge is 0.307 e. The van der Waals surface area contributed by atoms with Gasteiger partial charge in [0.1, 0.15) is 5.83 Å². The van der Waals surface area contributed by atoms with E-state index in [0.717, 1.165) is 0 Å². The van der Waals surface area contributed by atoms with Gasteiger partial charge in [0.2, 0.25) is 0 Å². The van der Waals surface area contributed by atoms with E-state index in [4.69, 9.17) is 16.3 Å². The molecule has 19 heavy (non-hydrogen) atoms. The Balaban J connectivity index is 2.71. The van der Waals surface area contributed by atoms with E-state index < -0.39 is 41.4 Å². The van der Waals surface area contributed by atoms with Crippen molar-refractivity contribution in [3.63, 3.8) is 0 Å². The highest BCUT2D eigenvalue weighted by Gasteiger charge is 2.65. The number of aliphatic hydroxyl groups excluding tert-OH is 1. The molecule has 1 aliphatic rings. The Hall–Kier alpha value is -1.38. The summed E-state index contributed by atoms with van der Waals surface area (Å²) in [5.74, 6) is -0.843. The Kier molecular flexibility index (Phi) is 4.72. The molecule has 0 spiro atoms. The Morgan fingerprint density at radius 1 is 1.63 bits per heavy atom. The zero-order chi connectivity index (χ0) is 14.8. The Labute approximate surface area is 112 Å². The van der Waals surface area contributed by atoms with Gasteiger partial charge in [0, 0.05) is 5.92 Å². The van der Waals surface area contributed by atoms with Crippen molar-refractivity contribution in [2.24, 2.45) is 17.3 Å². The number of carboxylic acids is 1. The van der Waals surface area contributed by atoms with Crippen molar-refractivity contribution in [3.8, 4) is 12.3 Å². The van der Waals surface area contributed by atoms with Gasteiger partial charge in [-0.2, -0.15) is 0 Å². The van der Waals surface area contributed by atoms with Gasteiger partial charge in [0.05, 0.1) is 5.92 Å². The quantitative estimate of drug-likeness (QED) is 0.572. The lowest BCUT2D eigenvalue weighted by atomic mass is 10.1. The van der Waals surface area contributed by atoms with Gasteiger partial charge in [0.15, 0.2) is 12.4 Å². The number of carboxylic acid groups (broad SMARTS) is 1. The van der Waals surface area contributed by atoms with Gasteiger partial charge < -0.3 is 14.9 Å². The zero-order valence-electron chi connectivity index (χ0n) is 11.3. The molecule has 0 aromatic carbocycles. The maximum atomic E-state index is 13.5. The summed E-state index contributed by atoms with van der Waals surface area (Å²) in [5, 5.41) is 18.9. The summed E-state index contributed by atoms with van der Waals surface area (Å²) in [5.41, 5.74) is -0.588. The monoisotopic (exact) mass is 270 g/mol. The topological polar surface area (TPSA) is 66.8 Å². The van der Waals surface area contributed by atoms with E-state index in [9.17, 15) is 14.3 Å². The first-order chi connectivity index (χ1) is 8.77. The van der Waals surface area contributed by atoms with E-state index in [1.807, 2.05) is 0 Å². The largest absolute Gasteiger partial charge is 0.481 e. The average molecular weight is 270 g/mol. The number of hydrogen-bond acceptors (Lipinski definition) is 3. The van der Waals surface area contributed by atoms with Crippen LogP contribution < -0.4 is 0 Å². The standard InChI is InChI=1S/C14H19FO4/c1-5-7-8(15)9(6-2)19-13(18)11-10(12(16)17)14(11,3)4/h2,7,9-11,13,18H,5H2,1,3-4H3,(H,16,17)/b8-7-. The van der Waals surface area contributed by atoms with Crippen LogP contribution >= 0.6 is 0 Å². The summed E-state index contributed by atoms with van der Waals surface area (Å²) in [4.78, 5) is 11.0. The fourth-order valence-electron chi connectivity index (χ4n) is 2.39. The first-order valence-corrected chi connectivity index (χ1v) is 6.15. The molecule has 0 aliphatic heterocycles. The molecule has 2 N–H and O–H groups in total. The second-order valence-corrected chi connectivity index (χ2v) is 5.23. The van der Waals surface area contributed by atoms with Crippen LogP contribution in [0.2, 0.25) is 0 Å². The summed E-state index contributed by atoms with van der Waals surface area (Å²) in [6, 6.07) is 0. The number of terminal acetylenes is 1. The molecule has 0 heterocycles. The van der Waals surface area contributed by atoms with Crippen LogP contribution in [0.4, 0.5) is 4.39 Å². The van der Waals surface area contributed by atoms with Gasteiger partial charge >= 0.3 is 5.97 Å². The molecular weight excluding hydrogens is 251 g/mol. The minimum absolute atomic E-state index is 0.455. The lowest BCUT2D eigenvalue weighted by Gasteiger charge is -2.17. The molecule has 5 heteroatoms. The van der Waals surface area contributed by atoms with Crippen LogP contribution in [0.25, 0.3) is 0 Å². The van der Waals surface area contributed by atoms with Crippen molar-refractivity contribution in [3.05, 3.63) is 11.9 Å². The van der Waals surface area contributed by atoms with Crippen LogP contribution in [0.5, 0.6) is 0 Å². The van der Waals surface area contributed by atoms with E-state index in [2.05, 4.69) is 5.92 Å². The van der Waals surface area contributed by atoms with Crippen LogP contribution in [-0.4, -0.2) is 28.6 Å². The van der Waals surface area contributed by atoms with Crippen molar-refractivity contribution in [1.29, 1.82) is 0 Å². The van der Waals surface area contributed by atoms with E-state index in [1.165, 1.54) is 6.08 Å². The maximum Gasteiger partial charge on any atom is 0.307 e. The molecule has 1 rings (SSSR count). The molecule has 4 unspecified atom stereocenters. The maximum absolute atomic E-state index is 13.5. The Morgan fingerprint density at radius 2 is 2.21 bits per heavy atom. The molecule has 0 saturated heterocycles. The van der Waals surface area contributed by atoms with Gasteiger partial charge in [-0.15, -0.1) is 6.42 Å². The molecule has 0 aromatic heterocycles. The molecule has 4 atom stereocenters. The van der Waals surface area contributed by atoms with Gasteiger partial charge in [-0.05, 0) is 17.9 Å². The Morgan fingerprint density at radius 3 is 2.58 bits per heavy atom. The molecular formula is C14H19FO4. The molecule has 0 amide bonds. The van der Waals surface area contributed by atoms with Crippen molar-refractivity contribution < 1.29 is 24.1 Å². The number of aliphatic carboxylic acids is 1. The summed E-state index contributed by atoms with van der Waals surface area (Å²) in [6.07, 6.45) is 4.20. The number of allylic oxidation sites excluding steroid dienone is 1. The molecule has 1 fully saturated rings. The van der Waals surface area contributed by atoms with Gasteiger partial charge in [-0.3, -0.25) is 4.79 Å². The predicted molar refractivity (Wildman–Crippen MR) is 67.6 cm³/mol. The Bertz CT molecular complexity index is 422. The highest BCUT2D eigenvalue weighted by Crippen LogP contribution is 2.60. The van der Waals surface area contributed by atoms with Gasteiger partial charge in [0.25, 0.3) is 0 Å². The number of hydrogen-bond donors (Lipinski definition) is 2. The minimum atomic E-state index is -1.40. The number of ether oxygens (including phenoxy) is 1. The third kappa shape index (κ3) is 3.14. The second-order valence-electron chi connectivity index (χ2n) is 5.23. The molecule has 106 valence electrons. The van der Waals surface area contributed by atoms with E-state index in [0.29, 0.717) is 6.42 Å². The number of rotatable bonds is 6. The van der Waals surface area contributed by atoms with E-state index >= 15 is 0 Å². The highest BCUT2D eigenvalue weighted by molar-refractivity contribution is 5.75. The van der Waals surface area contributed by atoms with Gasteiger partial charge in [-0.25, -0.2) is 4.39 Å². The van der Waals surface area contributed by atoms with Crippen molar-refractivity contribution in [2.45, 2.75) is 39.6 Å². The first-order valence-electron chi connectivity index (χ1n) is 6.15. The fraction of sp³-hybridized carbons (Fsp3) is 0.643. The van der Waals surface area contributed by atoms with E-state index in [-0.39, 0.29) is 0 Å². The van der Waals surface area contributed by atoms with Crippen molar-refractivity contribution >= 4 is 5.97 Å². The van der Waals surface area contributed by atoms with E-state index in [1.54, 1.807) is 20.8 Å². The minimum Gasteiger partial charge on any atom is -0.481 e. The highest BCUT2D eigenvalue weighted by atomic mass is 19.1. The molecule has 4 nitrogen and oxygen atoms in total. The number of aliphatic hydroxyl groups is 1.